The van der Waals surface area contributed by atoms with Gasteiger partial charge in [-0.1, -0.05) is 18.7 Å². The van der Waals surface area contributed by atoms with Gasteiger partial charge < -0.3 is 9.84 Å². The maximum absolute atomic E-state index is 11.4. The van der Waals surface area contributed by atoms with Crippen molar-refractivity contribution in [2.24, 2.45) is 0 Å². The zero-order chi connectivity index (χ0) is 13.8. The third kappa shape index (κ3) is 3.45. The van der Waals surface area contributed by atoms with Crippen molar-refractivity contribution in [1.29, 1.82) is 0 Å². The van der Waals surface area contributed by atoms with Crippen LogP contribution >= 0.6 is 11.8 Å². The number of thioether (sulfide) groups is 1. The van der Waals surface area contributed by atoms with Crippen LogP contribution < -0.4 is 0 Å². The van der Waals surface area contributed by atoms with Crippen molar-refractivity contribution in [3.8, 4) is 0 Å². The lowest BCUT2D eigenvalue weighted by Gasteiger charge is -2.22. The fourth-order valence-corrected chi connectivity index (χ4v) is 3.33. The minimum absolute atomic E-state index is 0.229. The summed E-state index contributed by atoms with van der Waals surface area (Å²) in [6, 6.07) is 0. The van der Waals surface area contributed by atoms with Gasteiger partial charge in [0.1, 0.15) is 16.4 Å². The molecule has 0 saturated carbocycles. The highest BCUT2D eigenvalue weighted by molar-refractivity contribution is 8.00. The molecule has 0 aromatic carbocycles. The fourth-order valence-electron chi connectivity index (χ4n) is 2.05. The molecule has 1 atom stereocenters. The summed E-state index contributed by atoms with van der Waals surface area (Å²) in [5, 5.41) is 10.2. The van der Waals surface area contributed by atoms with E-state index in [-0.39, 0.29) is 10.8 Å². The number of carbonyl (C=O) groups is 1. The average molecular weight is 282 g/mol. The number of ether oxygens (including phenoxy) is 1. The quantitative estimate of drug-likeness (QED) is 0.854. The molecule has 6 heteroatoms. The number of rotatable bonds is 4. The monoisotopic (exact) mass is 282 g/mol. The van der Waals surface area contributed by atoms with Crippen LogP contribution in [0, 0.1) is 6.92 Å². The number of aromatic carboxylic acids is 1. The number of hydrogen-bond donors (Lipinski definition) is 1. The highest BCUT2D eigenvalue weighted by Gasteiger charge is 2.23. The number of aromatic nitrogens is 2. The first kappa shape index (κ1) is 14.3. The zero-order valence-corrected chi connectivity index (χ0v) is 12.0. The molecular formula is C13H18N2O3S. The summed E-state index contributed by atoms with van der Waals surface area (Å²) in [5.41, 5.74) is 0.770. The molecule has 0 bridgehead atoms. The van der Waals surface area contributed by atoms with Crippen molar-refractivity contribution in [3.63, 3.8) is 0 Å². The normalized spacial score (nSPS) is 19.4. The van der Waals surface area contributed by atoms with Gasteiger partial charge in [0.25, 0.3) is 0 Å². The highest BCUT2D eigenvalue weighted by Crippen LogP contribution is 2.30. The van der Waals surface area contributed by atoms with E-state index in [1.165, 1.54) is 11.8 Å². The number of hydrogen-bond acceptors (Lipinski definition) is 5. The van der Waals surface area contributed by atoms with Crippen LogP contribution in [0.5, 0.6) is 0 Å². The van der Waals surface area contributed by atoms with Gasteiger partial charge in [0.2, 0.25) is 0 Å². The van der Waals surface area contributed by atoms with Gasteiger partial charge >= 0.3 is 5.97 Å². The average Bonchev–Trinajstić information content (AvgIpc) is 2.38. The third-order valence-corrected chi connectivity index (χ3v) is 4.25. The highest BCUT2D eigenvalue weighted by atomic mass is 32.2. The third-order valence-electron chi connectivity index (χ3n) is 3.03. The Morgan fingerprint density at radius 1 is 1.53 bits per heavy atom. The molecule has 1 unspecified atom stereocenters. The Morgan fingerprint density at radius 3 is 2.89 bits per heavy atom. The number of carboxylic acid groups (broad SMARTS) is 1. The van der Waals surface area contributed by atoms with Crippen LogP contribution in [0.1, 0.15) is 41.6 Å². The summed E-state index contributed by atoms with van der Waals surface area (Å²) >= 11 is 1.51. The van der Waals surface area contributed by atoms with Crippen molar-refractivity contribution < 1.29 is 14.6 Å². The second-order valence-corrected chi connectivity index (χ2v) is 5.81. The zero-order valence-electron chi connectivity index (χ0n) is 11.2. The minimum Gasteiger partial charge on any atom is -0.478 e. The van der Waals surface area contributed by atoms with Crippen LogP contribution in [0.4, 0.5) is 0 Å². The molecule has 2 heterocycles. The molecule has 1 aliphatic heterocycles. The molecule has 0 spiro atoms. The number of aryl methyl sites for hydroxylation is 2. The molecule has 1 aromatic rings. The summed E-state index contributed by atoms with van der Waals surface area (Å²) in [6.45, 7) is 5.15. The lowest BCUT2D eigenvalue weighted by atomic mass is 10.2. The minimum atomic E-state index is -0.959. The summed E-state index contributed by atoms with van der Waals surface area (Å²) in [4.78, 5) is 20.0. The van der Waals surface area contributed by atoms with Crippen LogP contribution in [0.2, 0.25) is 0 Å². The Labute approximate surface area is 116 Å². The van der Waals surface area contributed by atoms with E-state index in [1.807, 2.05) is 6.92 Å². The first-order chi connectivity index (χ1) is 9.11. The van der Waals surface area contributed by atoms with E-state index in [1.54, 1.807) is 6.92 Å². The molecule has 1 aliphatic rings. The van der Waals surface area contributed by atoms with Gasteiger partial charge in [0.05, 0.1) is 12.3 Å². The lowest BCUT2D eigenvalue weighted by Crippen LogP contribution is -2.20. The van der Waals surface area contributed by atoms with Gasteiger partial charge in [-0.15, -0.1) is 0 Å². The van der Waals surface area contributed by atoms with Gasteiger partial charge in [-0.2, -0.15) is 0 Å². The Bertz CT molecular complexity index is 473. The summed E-state index contributed by atoms with van der Waals surface area (Å²) in [6.07, 6.45) is 2.76. The van der Waals surface area contributed by atoms with Crippen molar-refractivity contribution >= 4 is 17.7 Å². The van der Waals surface area contributed by atoms with Crippen molar-refractivity contribution in [3.05, 3.63) is 17.1 Å². The first-order valence-corrected chi connectivity index (χ1v) is 7.35. The Kier molecular flexibility index (Phi) is 4.76. The second-order valence-electron chi connectivity index (χ2n) is 4.52. The van der Waals surface area contributed by atoms with Crippen LogP contribution in [0.15, 0.2) is 5.03 Å². The number of nitrogens with zero attached hydrogens (tertiary/aromatic N) is 2. The van der Waals surface area contributed by atoms with E-state index in [4.69, 9.17) is 4.74 Å². The maximum atomic E-state index is 11.4. The van der Waals surface area contributed by atoms with E-state index in [0.29, 0.717) is 29.6 Å². The van der Waals surface area contributed by atoms with E-state index in [0.717, 1.165) is 19.4 Å². The number of carboxylic acids is 1. The van der Waals surface area contributed by atoms with Gasteiger partial charge in [-0.05, 0) is 19.8 Å². The van der Waals surface area contributed by atoms with E-state index in [9.17, 15) is 9.90 Å². The molecule has 1 saturated heterocycles. The van der Waals surface area contributed by atoms with Gasteiger partial charge in [0.15, 0.2) is 0 Å². The molecule has 0 amide bonds. The van der Waals surface area contributed by atoms with Gasteiger partial charge in [-0.25, -0.2) is 14.8 Å². The molecular weight excluding hydrogens is 264 g/mol. The van der Waals surface area contributed by atoms with Crippen LogP contribution in [0.3, 0.4) is 0 Å². The first-order valence-electron chi connectivity index (χ1n) is 6.47. The molecule has 1 N–H and O–H groups in total. The predicted molar refractivity (Wildman–Crippen MR) is 72.8 cm³/mol. The molecule has 0 aliphatic carbocycles. The summed E-state index contributed by atoms with van der Waals surface area (Å²) in [7, 11) is 0. The van der Waals surface area contributed by atoms with Crippen LogP contribution in [-0.4, -0.2) is 39.5 Å². The van der Waals surface area contributed by atoms with Crippen molar-refractivity contribution in [2.45, 2.75) is 43.4 Å². The van der Waals surface area contributed by atoms with Crippen LogP contribution in [-0.2, 0) is 11.2 Å². The molecule has 5 nitrogen and oxygen atoms in total. The molecule has 1 fully saturated rings. The molecule has 2 rings (SSSR count). The van der Waals surface area contributed by atoms with Gasteiger partial charge in [-0.3, -0.25) is 0 Å². The van der Waals surface area contributed by atoms with Crippen LogP contribution in [0.25, 0.3) is 0 Å². The summed E-state index contributed by atoms with van der Waals surface area (Å²) in [5.74, 6) is -0.263. The van der Waals surface area contributed by atoms with Gasteiger partial charge in [0, 0.05) is 18.3 Å². The largest absolute Gasteiger partial charge is 0.478 e. The maximum Gasteiger partial charge on any atom is 0.340 e. The van der Waals surface area contributed by atoms with Crippen molar-refractivity contribution in [1.82, 2.24) is 9.97 Å². The Hall–Kier alpha value is -1.14. The smallest absolute Gasteiger partial charge is 0.340 e. The predicted octanol–water partition coefficient (Wildman–Crippen LogP) is 2.32. The van der Waals surface area contributed by atoms with E-state index >= 15 is 0 Å². The fraction of sp³-hybridized carbons (Fsp3) is 0.615. The second kappa shape index (κ2) is 6.34. The Balaban J connectivity index is 2.29. The van der Waals surface area contributed by atoms with E-state index in [2.05, 4.69) is 9.97 Å². The Morgan fingerprint density at radius 2 is 2.32 bits per heavy atom. The van der Waals surface area contributed by atoms with E-state index < -0.39 is 5.97 Å². The SMILES string of the molecule is CCc1nc(C)c(C(=O)O)c(SC2CCCOC2)n1. The lowest BCUT2D eigenvalue weighted by molar-refractivity contribution is 0.0690. The van der Waals surface area contributed by atoms with Crippen molar-refractivity contribution in [2.75, 3.05) is 13.2 Å². The topological polar surface area (TPSA) is 72.3 Å². The molecule has 19 heavy (non-hydrogen) atoms. The molecule has 0 radical (unpaired) electrons. The molecule has 1 aromatic heterocycles. The summed E-state index contributed by atoms with van der Waals surface area (Å²) < 4.78 is 5.43. The molecule has 104 valence electrons. The standard InChI is InChI=1S/C13H18N2O3S/c1-3-10-14-8(2)11(13(16)17)12(15-10)19-9-5-4-6-18-7-9/h9H,3-7H2,1-2H3,(H,16,17).